The minimum absolute atomic E-state index is 0.394. The summed E-state index contributed by atoms with van der Waals surface area (Å²) in [6.07, 6.45) is 2.82. The number of pyridine rings is 1. The van der Waals surface area contributed by atoms with E-state index in [2.05, 4.69) is 17.2 Å². The second kappa shape index (κ2) is 7.48. The number of nitrogens with zero attached hydrogens (tertiary/aromatic N) is 1. The summed E-state index contributed by atoms with van der Waals surface area (Å²) in [7, 11) is 0. The first-order valence-electron chi connectivity index (χ1n) is 6.48. The molecule has 106 valence electrons. The van der Waals surface area contributed by atoms with Crippen LogP contribution in [0.25, 0.3) is 0 Å². The fourth-order valence-electron chi connectivity index (χ4n) is 1.70. The van der Waals surface area contributed by atoms with E-state index in [-0.39, 0.29) is 0 Å². The summed E-state index contributed by atoms with van der Waals surface area (Å²) in [6, 6.07) is 9.11. The van der Waals surface area contributed by atoms with Crippen LogP contribution >= 0.6 is 23.2 Å². The lowest BCUT2D eigenvalue weighted by Gasteiger charge is -2.09. The first-order valence-corrected chi connectivity index (χ1v) is 7.24. The van der Waals surface area contributed by atoms with E-state index in [0.29, 0.717) is 21.7 Å². The van der Waals surface area contributed by atoms with Crippen LogP contribution in [0.3, 0.4) is 0 Å². The maximum absolute atomic E-state index is 6.09. The first-order chi connectivity index (χ1) is 9.70. The molecule has 0 aliphatic rings. The molecule has 3 nitrogen and oxygen atoms in total. The molecule has 1 heterocycles. The highest BCUT2D eigenvalue weighted by atomic mass is 35.5. The molecule has 1 aromatic carbocycles. The van der Waals surface area contributed by atoms with Gasteiger partial charge in [0, 0.05) is 18.8 Å². The van der Waals surface area contributed by atoms with Crippen molar-refractivity contribution in [3.63, 3.8) is 0 Å². The third kappa shape index (κ3) is 4.10. The molecule has 5 heteroatoms. The van der Waals surface area contributed by atoms with Crippen molar-refractivity contribution in [1.29, 1.82) is 0 Å². The molecule has 2 rings (SSSR count). The smallest absolute Gasteiger partial charge is 0.219 e. The topological polar surface area (TPSA) is 34.2 Å². The summed E-state index contributed by atoms with van der Waals surface area (Å²) < 4.78 is 5.68. The van der Waals surface area contributed by atoms with Gasteiger partial charge in [0.05, 0.1) is 5.02 Å². The second-order valence-electron chi connectivity index (χ2n) is 4.33. The zero-order valence-corrected chi connectivity index (χ0v) is 12.7. The Kier molecular flexibility index (Phi) is 5.65. The van der Waals surface area contributed by atoms with Crippen molar-refractivity contribution in [2.75, 3.05) is 6.54 Å². The fraction of sp³-hybridized carbons (Fsp3) is 0.267. The normalized spacial score (nSPS) is 10.6. The summed E-state index contributed by atoms with van der Waals surface area (Å²) in [5.41, 5.74) is 1.11. The van der Waals surface area contributed by atoms with Crippen LogP contribution in [0.1, 0.15) is 18.9 Å². The van der Waals surface area contributed by atoms with Gasteiger partial charge in [0.2, 0.25) is 5.88 Å². The van der Waals surface area contributed by atoms with Crippen LogP contribution in [0.2, 0.25) is 10.0 Å². The van der Waals surface area contributed by atoms with Crippen LogP contribution < -0.4 is 10.1 Å². The first kappa shape index (κ1) is 15.1. The van der Waals surface area contributed by atoms with E-state index < -0.39 is 0 Å². The Morgan fingerprint density at radius 2 is 2.10 bits per heavy atom. The van der Waals surface area contributed by atoms with E-state index in [4.69, 9.17) is 27.9 Å². The van der Waals surface area contributed by atoms with Gasteiger partial charge in [-0.15, -0.1) is 0 Å². The van der Waals surface area contributed by atoms with Crippen LogP contribution in [0.5, 0.6) is 11.6 Å². The summed E-state index contributed by atoms with van der Waals surface area (Å²) in [4.78, 5) is 4.18. The van der Waals surface area contributed by atoms with Gasteiger partial charge < -0.3 is 10.1 Å². The van der Waals surface area contributed by atoms with Crippen molar-refractivity contribution in [2.24, 2.45) is 0 Å². The van der Waals surface area contributed by atoms with Gasteiger partial charge in [0.1, 0.15) is 10.8 Å². The maximum atomic E-state index is 6.09. The molecule has 0 spiro atoms. The Morgan fingerprint density at radius 1 is 1.25 bits per heavy atom. The van der Waals surface area contributed by atoms with Crippen molar-refractivity contribution in [3.8, 4) is 11.6 Å². The van der Waals surface area contributed by atoms with Crippen molar-refractivity contribution < 1.29 is 4.74 Å². The van der Waals surface area contributed by atoms with Crippen molar-refractivity contribution >= 4 is 23.2 Å². The van der Waals surface area contributed by atoms with E-state index in [1.165, 1.54) is 0 Å². The van der Waals surface area contributed by atoms with E-state index in [1.807, 2.05) is 12.1 Å². The molecule has 1 N–H and O–H groups in total. The van der Waals surface area contributed by atoms with Crippen molar-refractivity contribution in [3.05, 3.63) is 52.1 Å². The molecule has 0 aliphatic carbocycles. The predicted octanol–water partition coefficient (Wildman–Crippen LogP) is 4.68. The summed E-state index contributed by atoms with van der Waals surface area (Å²) in [5, 5.41) is 4.19. The van der Waals surface area contributed by atoms with Gasteiger partial charge in [0.25, 0.3) is 0 Å². The van der Waals surface area contributed by atoms with Crippen molar-refractivity contribution in [2.45, 2.75) is 19.9 Å². The molecule has 0 unspecified atom stereocenters. The van der Waals surface area contributed by atoms with Gasteiger partial charge in [-0.2, -0.15) is 0 Å². The lowest BCUT2D eigenvalue weighted by Crippen LogP contribution is -2.13. The number of nitrogens with one attached hydrogen (secondary N) is 1. The van der Waals surface area contributed by atoms with Crippen LogP contribution in [-0.4, -0.2) is 11.5 Å². The molecule has 1 aromatic heterocycles. The van der Waals surface area contributed by atoms with Crippen LogP contribution in [0.15, 0.2) is 36.5 Å². The number of hydrogen-bond acceptors (Lipinski definition) is 3. The molecule has 0 radical (unpaired) electrons. The van der Waals surface area contributed by atoms with Gasteiger partial charge in [-0.25, -0.2) is 4.98 Å². The van der Waals surface area contributed by atoms with Crippen LogP contribution in [0, 0.1) is 0 Å². The molecule has 20 heavy (non-hydrogen) atoms. The third-order valence-electron chi connectivity index (χ3n) is 2.69. The highest BCUT2D eigenvalue weighted by molar-refractivity contribution is 6.42. The Labute approximate surface area is 128 Å². The quantitative estimate of drug-likeness (QED) is 0.787. The monoisotopic (exact) mass is 310 g/mol. The number of benzene rings is 1. The Hall–Kier alpha value is -1.29. The molecule has 0 atom stereocenters. The van der Waals surface area contributed by atoms with Crippen LogP contribution in [0.4, 0.5) is 0 Å². The van der Waals surface area contributed by atoms with Gasteiger partial charge in [-0.3, -0.25) is 0 Å². The molecule has 0 saturated heterocycles. The number of hydrogen-bond donors (Lipinski definition) is 1. The maximum Gasteiger partial charge on any atom is 0.219 e. The zero-order chi connectivity index (χ0) is 14.4. The highest BCUT2D eigenvalue weighted by Crippen LogP contribution is 2.34. The molecular weight excluding hydrogens is 295 g/mol. The summed E-state index contributed by atoms with van der Waals surface area (Å²) in [5.74, 6) is 1.01. The standard InChI is InChI=1S/C15H16Cl2N2O/c1-2-7-18-10-11-6-8-19-14(9-11)20-13-5-3-4-12(16)15(13)17/h3-6,8-9,18H,2,7,10H2,1H3. The molecule has 0 fully saturated rings. The van der Waals surface area contributed by atoms with E-state index >= 15 is 0 Å². The van der Waals surface area contributed by atoms with E-state index in [0.717, 1.165) is 25.1 Å². The fourth-order valence-corrected chi connectivity index (χ4v) is 2.03. The molecular formula is C15H16Cl2N2O. The largest absolute Gasteiger partial charge is 0.437 e. The average Bonchev–Trinajstić information content (AvgIpc) is 2.45. The number of ether oxygens (including phenoxy) is 1. The lowest BCUT2D eigenvalue weighted by atomic mass is 10.2. The number of aromatic nitrogens is 1. The second-order valence-corrected chi connectivity index (χ2v) is 5.12. The third-order valence-corrected chi connectivity index (χ3v) is 3.49. The SMILES string of the molecule is CCCNCc1ccnc(Oc2cccc(Cl)c2Cl)c1. The minimum atomic E-state index is 0.394. The van der Waals surface area contributed by atoms with Gasteiger partial charge in [-0.05, 0) is 36.7 Å². The zero-order valence-electron chi connectivity index (χ0n) is 11.2. The van der Waals surface area contributed by atoms with Gasteiger partial charge in [-0.1, -0.05) is 36.2 Å². The van der Waals surface area contributed by atoms with Gasteiger partial charge in [0.15, 0.2) is 0 Å². The highest BCUT2D eigenvalue weighted by Gasteiger charge is 2.07. The predicted molar refractivity (Wildman–Crippen MR) is 82.8 cm³/mol. The Bertz CT molecular complexity index is 576. The number of rotatable bonds is 6. The molecule has 2 aromatic rings. The summed E-state index contributed by atoms with van der Waals surface area (Å²) >= 11 is 12.0. The Morgan fingerprint density at radius 3 is 2.90 bits per heavy atom. The van der Waals surface area contributed by atoms with E-state index in [1.54, 1.807) is 24.4 Å². The van der Waals surface area contributed by atoms with Crippen molar-refractivity contribution in [1.82, 2.24) is 10.3 Å². The minimum Gasteiger partial charge on any atom is -0.437 e. The molecule has 0 saturated carbocycles. The lowest BCUT2D eigenvalue weighted by molar-refractivity contribution is 0.462. The average molecular weight is 311 g/mol. The Balaban J connectivity index is 2.09. The van der Waals surface area contributed by atoms with Crippen LogP contribution in [-0.2, 0) is 6.54 Å². The molecule has 0 aliphatic heterocycles. The molecule has 0 amide bonds. The summed E-state index contributed by atoms with van der Waals surface area (Å²) in [6.45, 7) is 3.91. The molecule has 0 bridgehead atoms. The number of halogens is 2. The van der Waals surface area contributed by atoms with E-state index in [9.17, 15) is 0 Å². The van der Waals surface area contributed by atoms with Gasteiger partial charge >= 0.3 is 0 Å².